The molecular formula is C25H29ClN6O5S. The third-order valence-corrected chi connectivity index (χ3v) is 8.49. The van der Waals surface area contributed by atoms with E-state index in [0.29, 0.717) is 65.9 Å². The number of hydrogen-bond acceptors (Lipinski definition) is 9. The van der Waals surface area contributed by atoms with Gasteiger partial charge < -0.3 is 20.1 Å². The van der Waals surface area contributed by atoms with Crippen molar-refractivity contribution in [2.24, 2.45) is 0 Å². The maximum Gasteiger partial charge on any atom is 0.263 e. The fourth-order valence-corrected chi connectivity index (χ4v) is 6.38. The first-order valence-corrected chi connectivity index (χ1v) is 14.5. The molecule has 0 aromatic carbocycles. The largest absolute Gasteiger partial charge is 0.481 e. The monoisotopic (exact) mass is 560 g/mol. The number of hydrogen-bond donors (Lipinski definition) is 2. The second kappa shape index (κ2) is 11.0. The zero-order chi connectivity index (χ0) is 26.9. The molecule has 202 valence electrons. The molecule has 2 aliphatic heterocycles. The standard InChI is InChI=1S/C25H29ClN6O5S/c1-36-23-10-8-20-24(31-23)18(19(26)12-28-20)7-6-17-5-3-16(13-32(17)38(2,34)35)27-11-15-4-9-21-25(29-15)30-22(33)14-37-21/h4,8-10,12,16-17,27H,3,5-7,11,13-14H2,1-2H3,(H,29,30,33)/t16-,17+/m1/s1. The number of nitrogens with one attached hydrogen (secondary N) is 2. The molecule has 11 nitrogen and oxygen atoms in total. The van der Waals surface area contributed by atoms with Crippen molar-refractivity contribution in [2.75, 3.05) is 31.8 Å². The molecule has 0 aliphatic carbocycles. The highest BCUT2D eigenvalue weighted by atomic mass is 35.5. The lowest BCUT2D eigenvalue weighted by Crippen LogP contribution is -2.52. The summed E-state index contributed by atoms with van der Waals surface area (Å²) in [6.45, 7) is 0.762. The fraction of sp³-hybridized carbons (Fsp3) is 0.440. The maximum atomic E-state index is 12.7. The smallest absolute Gasteiger partial charge is 0.263 e. The molecule has 13 heteroatoms. The second-order valence-electron chi connectivity index (χ2n) is 9.47. The van der Waals surface area contributed by atoms with E-state index in [0.717, 1.165) is 17.7 Å². The van der Waals surface area contributed by atoms with Crippen molar-refractivity contribution in [3.8, 4) is 11.6 Å². The number of aromatic nitrogens is 3. The zero-order valence-electron chi connectivity index (χ0n) is 21.1. The third-order valence-electron chi connectivity index (χ3n) is 6.86. The molecule has 2 N–H and O–H groups in total. The lowest BCUT2D eigenvalue weighted by atomic mass is 9.95. The summed E-state index contributed by atoms with van der Waals surface area (Å²) in [6.07, 6.45) is 5.51. The minimum absolute atomic E-state index is 0.0227. The van der Waals surface area contributed by atoms with Gasteiger partial charge in [-0.25, -0.2) is 18.4 Å². The lowest BCUT2D eigenvalue weighted by molar-refractivity contribution is -0.118. The van der Waals surface area contributed by atoms with Gasteiger partial charge in [-0.2, -0.15) is 4.31 Å². The van der Waals surface area contributed by atoms with E-state index in [2.05, 4.69) is 25.6 Å². The van der Waals surface area contributed by atoms with Crippen molar-refractivity contribution in [1.29, 1.82) is 0 Å². The number of halogens is 1. The van der Waals surface area contributed by atoms with Crippen LogP contribution in [0.2, 0.25) is 5.02 Å². The number of anilines is 1. The molecule has 0 radical (unpaired) electrons. The van der Waals surface area contributed by atoms with Crippen LogP contribution in [0.25, 0.3) is 11.0 Å². The van der Waals surface area contributed by atoms with Crippen LogP contribution in [0.3, 0.4) is 0 Å². The number of carbonyl (C=O) groups excluding carboxylic acids is 1. The van der Waals surface area contributed by atoms with Crippen molar-refractivity contribution in [3.63, 3.8) is 0 Å². The number of nitrogens with zero attached hydrogens (tertiary/aromatic N) is 4. The number of ether oxygens (including phenoxy) is 2. The predicted molar refractivity (Wildman–Crippen MR) is 143 cm³/mol. The topological polar surface area (TPSA) is 136 Å². The Morgan fingerprint density at radius 3 is 2.87 bits per heavy atom. The molecule has 1 amide bonds. The molecule has 3 aromatic heterocycles. The van der Waals surface area contributed by atoms with Crippen LogP contribution in [-0.4, -0.2) is 72.2 Å². The Balaban J connectivity index is 1.25. The molecule has 0 saturated carbocycles. The number of fused-ring (bicyclic) bond motifs is 2. The van der Waals surface area contributed by atoms with Gasteiger partial charge in [0, 0.05) is 43.0 Å². The van der Waals surface area contributed by atoms with Crippen LogP contribution in [0.4, 0.5) is 5.82 Å². The summed E-state index contributed by atoms with van der Waals surface area (Å²) in [5.74, 6) is 1.16. The van der Waals surface area contributed by atoms with E-state index in [1.54, 1.807) is 29.7 Å². The highest BCUT2D eigenvalue weighted by Gasteiger charge is 2.34. The molecule has 1 saturated heterocycles. The van der Waals surface area contributed by atoms with Crippen LogP contribution in [0, 0.1) is 0 Å². The van der Waals surface area contributed by atoms with Gasteiger partial charge in [-0.05, 0) is 43.9 Å². The van der Waals surface area contributed by atoms with Gasteiger partial charge in [-0.1, -0.05) is 11.6 Å². The van der Waals surface area contributed by atoms with Crippen LogP contribution < -0.4 is 20.1 Å². The molecule has 3 aromatic rings. The van der Waals surface area contributed by atoms with E-state index in [-0.39, 0.29) is 24.6 Å². The summed E-state index contributed by atoms with van der Waals surface area (Å²) in [6, 6.07) is 6.98. The van der Waals surface area contributed by atoms with Gasteiger partial charge in [0.2, 0.25) is 15.9 Å². The first kappa shape index (κ1) is 26.5. The van der Waals surface area contributed by atoms with Crippen molar-refractivity contribution in [3.05, 3.63) is 46.7 Å². The van der Waals surface area contributed by atoms with E-state index < -0.39 is 10.0 Å². The molecule has 2 atom stereocenters. The first-order valence-electron chi connectivity index (χ1n) is 12.3. The number of pyridine rings is 3. The Morgan fingerprint density at radius 1 is 1.24 bits per heavy atom. The summed E-state index contributed by atoms with van der Waals surface area (Å²) < 4.78 is 37.7. The normalized spacial score (nSPS) is 20.0. The number of rotatable bonds is 8. The van der Waals surface area contributed by atoms with Gasteiger partial charge in [0.15, 0.2) is 18.2 Å². The third kappa shape index (κ3) is 5.83. The second-order valence-corrected chi connectivity index (χ2v) is 11.8. The Morgan fingerprint density at radius 2 is 2.08 bits per heavy atom. The van der Waals surface area contributed by atoms with Crippen LogP contribution in [0.5, 0.6) is 11.6 Å². The first-order chi connectivity index (χ1) is 18.2. The predicted octanol–water partition coefficient (Wildman–Crippen LogP) is 2.53. The number of amides is 1. The highest BCUT2D eigenvalue weighted by molar-refractivity contribution is 7.88. The van der Waals surface area contributed by atoms with Gasteiger partial charge in [0.1, 0.15) is 0 Å². The van der Waals surface area contributed by atoms with Crippen molar-refractivity contribution >= 4 is 44.4 Å². The van der Waals surface area contributed by atoms with Gasteiger partial charge >= 0.3 is 0 Å². The summed E-state index contributed by atoms with van der Waals surface area (Å²) in [5.41, 5.74) is 2.93. The van der Waals surface area contributed by atoms with Crippen molar-refractivity contribution in [1.82, 2.24) is 24.6 Å². The van der Waals surface area contributed by atoms with E-state index in [1.807, 2.05) is 12.1 Å². The van der Waals surface area contributed by atoms with E-state index >= 15 is 0 Å². The molecule has 0 unspecified atom stereocenters. The lowest BCUT2D eigenvalue weighted by Gasteiger charge is -2.38. The van der Waals surface area contributed by atoms with Gasteiger partial charge in [-0.15, -0.1) is 0 Å². The molecule has 5 heterocycles. The molecule has 2 aliphatic rings. The minimum atomic E-state index is -3.44. The Bertz CT molecular complexity index is 1470. The molecule has 38 heavy (non-hydrogen) atoms. The fourth-order valence-electron chi connectivity index (χ4n) is 4.95. The Labute approximate surface area is 226 Å². The summed E-state index contributed by atoms with van der Waals surface area (Å²) in [4.78, 5) is 24.9. The van der Waals surface area contributed by atoms with Gasteiger partial charge in [-0.3, -0.25) is 9.78 Å². The zero-order valence-corrected chi connectivity index (χ0v) is 22.7. The van der Waals surface area contributed by atoms with Crippen LogP contribution in [-0.2, 0) is 27.8 Å². The van der Waals surface area contributed by atoms with Crippen LogP contribution in [0.1, 0.15) is 30.5 Å². The summed E-state index contributed by atoms with van der Waals surface area (Å²) in [5, 5.41) is 6.63. The quantitative estimate of drug-likeness (QED) is 0.426. The number of carbonyl (C=O) groups is 1. The molecule has 0 bridgehead atoms. The molecule has 5 rings (SSSR count). The van der Waals surface area contributed by atoms with Gasteiger partial charge in [0.05, 0.1) is 35.1 Å². The number of sulfonamides is 1. The van der Waals surface area contributed by atoms with E-state index in [1.165, 1.54) is 6.26 Å². The average molecular weight is 561 g/mol. The number of methoxy groups -OCH3 is 1. The SMILES string of the molecule is COc1ccc2ncc(Cl)c(CC[C@@H]3CC[C@@H](NCc4ccc5c(n4)NC(=O)CO5)CN3S(C)(=O)=O)c2n1. The van der Waals surface area contributed by atoms with Crippen LogP contribution >= 0.6 is 11.6 Å². The molecule has 0 spiro atoms. The number of aryl methyl sites for hydroxylation is 1. The Hall–Kier alpha value is -3.06. The molecular weight excluding hydrogens is 532 g/mol. The van der Waals surface area contributed by atoms with Crippen LogP contribution in [0.15, 0.2) is 30.5 Å². The van der Waals surface area contributed by atoms with E-state index in [4.69, 9.17) is 21.1 Å². The van der Waals surface area contributed by atoms with Crippen molar-refractivity contribution in [2.45, 2.75) is 44.3 Å². The highest BCUT2D eigenvalue weighted by Crippen LogP contribution is 2.30. The summed E-state index contributed by atoms with van der Waals surface area (Å²) in [7, 11) is -1.89. The average Bonchev–Trinajstić information content (AvgIpc) is 2.90. The van der Waals surface area contributed by atoms with E-state index in [9.17, 15) is 13.2 Å². The Kier molecular flexibility index (Phi) is 7.66. The maximum absolute atomic E-state index is 12.7. The minimum Gasteiger partial charge on any atom is -0.481 e. The molecule has 1 fully saturated rings. The summed E-state index contributed by atoms with van der Waals surface area (Å²) >= 11 is 6.50. The van der Waals surface area contributed by atoms with Crippen molar-refractivity contribution < 1.29 is 22.7 Å². The van der Waals surface area contributed by atoms with Gasteiger partial charge in [0.25, 0.3) is 5.91 Å². The number of piperidine rings is 1.